The van der Waals surface area contributed by atoms with Crippen LogP contribution in [0.5, 0.6) is 0 Å². The smallest absolute Gasteiger partial charge is 0.0630 e. The number of rotatable bonds is 2. The summed E-state index contributed by atoms with van der Waals surface area (Å²) in [5.74, 6) is 0. The summed E-state index contributed by atoms with van der Waals surface area (Å²) in [5, 5.41) is 14.3. The van der Waals surface area contributed by atoms with Crippen molar-refractivity contribution >= 4 is 0 Å². The molecular weight excluding hydrogens is 357 g/mol. The van der Waals surface area contributed by atoms with Crippen molar-refractivity contribution in [3.05, 3.63) is 41.2 Å². The van der Waals surface area contributed by atoms with Gasteiger partial charge in [-0.05, 0) is 5.56 Å². The van der Waals surface area contributed by atoms with Crippen LogP contribution in [0, 0.1) is 0 Å². The summed E-state index contributed by atoms with van der Waals surface area (Å²) in [6.07, 6.45) is 1.74. The number of aliphatic hydroxyl groups excluding tert-OH is 1. The third-order valence-corrected chi connectivity index (χ3v) is 2.53. The molecule has 80 valence electrons. The van der Waals surface area contributed by atoms with Crippen molar-refractivity contribution < 1.29 is 26.2 Å². The summed E-state index contributed by atoms with van der Waals surface area (Å²) in [7, 11) is 0. The second-order valence-corrected chi connectivity index (χ2v) is 3.47. The van der Waals surface area contributed by atoms with E-state index < -0.39 is 6.10 Å². The zero-order valence-corrected chi connectivity index (χ0v) is 10.1. The first-order valence-electron chi connectivity index (χ1n) is 4.77. The van der Waals surface area contributed by atoms with E-state index in [2.05, 4.69) is 5.32 Å². The van der Waals surface area contributed by atoms with E-state index in [0.717, 1.165) is 24.9 Å². The van der Waals surface area contributed by atoms with Gasteiger partial charge >= 0.3 is 0 Å². The molecule has 0 saturated carbocycles. The van der Waals surface area contributed by atoms with E-state index in [-0.39, 0.29) is 27.1 Å². The van der Waals surface area contributed by atoms with E-state index in [9.17, 15) is 5.11 Å². The van der Waals surface area contributed by atoms with Gasteiger partial charge < -0.3 is 10.4 Å². The standard InChI is InChI=1S/C11H14NO.Pt/c13-11(10-7-4-8-12-10)9-5-2-1-3-6-9;/h1-3,5-6,10-11,13H,4,7-8H2;/q-1;. The first-order chi connectivity index (χ1) is 6.38. The van der Waals surface area contributed by atoms with Crippen molar-refractivity contribution in [3.8, 4) is 0 Å². The Morgan fingerprint density at radius 1 is 1.29 bits per heavy atom. The molecule has 1 aromatic carbocycles. The second kappa shape index (κ2) is 5.65. The molecule has 2 rings (SSSR count). The normalized spacial score (nSPS) is 22.8. The van der Waals surface area contributed by atoms with Crippen LogP contribution in [0.3, 0.4) is 0 Å². The fraction of sp³-hybridized carbons (Fsp3) is 0.455. The molecule has 0 radical (unpaired) electrons. The molecule has 1 heterocycles. The van der Waals surface area contributed by atoms with Crippen molar-refractivity contribution in [3.63, 3.8) is 0 Å². The van der Waals surface area contributed by atoms with Gasteiger partial charge in [0.25, 0.3) is 0 Å². The van der Waals surface area contributed by atoms with E-state index in [1.807, 2.05) is 30.3 Å². The summed E-state index contributed by atoms with van der Waals surface area (Å²) in [6.45, 7) is 0.911. The summed E-state index contributed by atoms with van der Waals surface area (Å²) < 4.78 is 0. The Kier molecular flexibility index (Phi) is 4.80. The van der Waals surface area contributed by atoms with Crippen molar-refractivity contribution in [2.24, 2.45) is 0 Å². The SMILES string of the molecule is OC(c1ccccc1)C1CCC[N-]1.[Pt]. The quantitative estimate of drug-likeness (QED) is 0.850. The zero-order chi connectivity index (χ0) is 9.10. The van der Waals surface area contributed by atoms with Crippen molar-refractivity contribution in [2.75, 3.05) is 6.54 Å². The van der Waals surface area contributed by atoms with Crippen LogP contribution in [-0.2, 0) is 21.1 Å². The van der Waals surface area contributed by atoms with Crippen LogP contribution in [0.2, 0.25) is 0 Å². The maximum atomic E-state index is 9.93. The summed E-state index contributed by atoms with van der Waals surface area (Å²) >= 11 is 0. The number of hydrogen-bond acceptors (Lipinski definition) is 1. The van der Waals surface area contributed by atoms with Gasteiger partial charge in [-0.1, -0.05) is 43.2 Å². The van der Waals surface area contributed by atoms with Crippen LogP contribution in [0.4, 0.5) is 0 Å². The van der Waals surface area contributed by atoms with Gasteiger partial charge in [-0.15, -0.1) is 12.6 Å². The molecule has 0 amide bonds. The van der Waals surface area contributed by atoms with Crippen LogP contribution in [-0.4, -0.2) is 17.7 Å². The Morgan fingerprint density at radius 2 is 2.00 bits per heavy atom. The van der Waals surface area contributed by atoms with Gasteiger partial charge in [0.1, 0.15) is 0 Å². The van der Waals surface area contributed by atoms with Crippen molar-refractivity contribution in [1.82, 2.24) is 0 Å². The minimum absolute atomic E-state index is 0. The monoisotopic (exact) mass is 371 g/mol. The van der Waals surface area contributed by atoms with Gasteiger partial charge in [-0.25, -0.2) is 0 Å². The fourth-order valence-electron chi connectivity index (χ4n) is 1.78. The molecule has 0 bridgehead atoms. The Balaban J connectivity index is 0.000000980. The molecule has 3 heteroatoms. The minimum atomic E-state index is -0.399. The molecule has 1 fully saturated rings. The van der Waals surface area contributed by atoms with Crippen LogP contribution >= 0.6 is 0 Å². The van der Waals surface area contributed by atoms with E-state index in [4.69, 9.17) is 0 Å². The molecule has 1 aliphatic rings. The Hall–Kier alpha value is -0.172. The van der Waals surface area contributed by atoms with Crippen LogP contribution in [0.15, 0.2) is 30.3 Å². The third-order valence-electron chi connectivity index (χ3n) is 2.53. The zero-order valence-electron chi connectivity index (χ0n) is 7.87. The molecule has 2 atom stereocenters. The first kappa shape index (κ1) is 11.9. The predicted octanol–water partition coefficient (Wildman–Crippen LogP) is 2.25. The predicted molar refractivity (Wildman–Crippen MR) is 52.6 cm³/mol. The van der Waals surface area contributed by atoms with Gasteiger partial charge in [0, 0.05) is 21.1 Å². The summed E-state index contributed by atoms with van der Waals surface area (Å²) in [4.78, 5) is 0. The molecule has 0 aliphatic carbocycles. The first-order valence-corrected chi connectivity index (χ1v) is 4.77. The molecule has 2 nitrogen and oxygen atoms in total. The number of benzene rings is 1. The van der Waals surface area contributed by atoms with Crippen LogP contribution in [0.25, 0.3) is 5.32 Å². The second-order valence-electron chi connectivity index (χ2n) is 3.47. The minimum Gasteiger partial charge on any atom is -0.657 e. The number of aliphatic hydroxyl groups is 1. The van der Waals surface area contributed by atoms with Crippen LogP contribution < -0.4 is 0 Å². The molecule has 1 saturated heterocycles. The van der Waals surface area contributed by atoms with Gasteiger partial charge in [0.15, 0.2) is 0 Å². The Bertz CT molecular complexity index is 259. The van der Waals surface area contributed by atoms with E-state index in [1.54, 1.807) is 0 Å². The molecule has 14 heavy (non-hydrogen) atoms. The molecule has 0 aromatic heterocycles. The molecule has 1 aliphatic heterocycles. The molecular formula is C11H14NOPt-. The van der Waals surface area contributed by atoms with Gasteiger partial charge in [0.05, 0.1) is 6.10 Å². The molecule has 1 aromatic rings. The fourth-order valence-corrected chi connectivity index (χ4v) is 1.78. The average Bonchev–Trinajstić information content (AvgIpc) is 2.71. The van der Waals surface area contributed by atoms with E-state index in [0.29, 0.717) is 0 Å². The summed E-state index contributed by atoms with van der Waals surface area (Å²) in [6, 6.07) is 9.91. The van der Waals surface area contributed by atoms with Gasteiger partial charge in [-0.3, -0.25) is 0 Å². The molecule has 0 spiro atoms. The number of nitrogens with zero attached hydrogens (tertiary/aromatic N) is 1. The van der Waals surface area contributed by atoms with Crippen molar-refractivity contribution in [2.45, 2.75) is 25.0 Å². The largest absolute Gasteiger partial charge is 0.657 e. The maximum Gasteiger partial charge on any atom is 0.0630 e. The Morgan fingerprint density at radius 3 is 2.57 bits per heavy atom. The van der Waals surface area contributed by atoms with E-state index >= 15 is 0 Å². The number of hydrogen-bond donors (Lipinski definition) is 1. The Labute approximate surface area is 99.0 Å². The topological polar surface area (TPSA) is 34.3 Å². The van der Waals surface area contributed by atoms with Gasteiger partial charge in [-0.2, -0.15) is 0 Å². The molecule has 1 N–H and O–H groups in total. The van der Waals surface area contributed by atoms with Crippen molar-refractivity contribution in [1.29, 1.82) is 0 Å². The third kappa shape index (κ3) is 2.66. The van der Waals surface area contributed by atoms with Gasteiger partial charge in [0.2, 0.25) is 0 Å². The average molecular weight is 371 g/mol. The summed E-state index contributed by atoms with van der Waals surface area (Å²) in [5.41, 5.74) is 0.984. The molecule has 2 unspecified atom stereocenters. The van der Waals surface area contributed by atoms with E-state index in [1.165, 1.54) is 0 Å². The van der Waals surface area contributed by atoms with Crippen LogP contribution in [0.1, 0.15) is 24.5 Å². The maximum absolute atomic E-state index is 9.93.